The molecule has 0 bridgehead atoms. The third kappa shape index (κ3) is 3.26. The normalized spacial score (nSPS) is 21.2. The number of likely N-dealkylation sites (N-methyl/N-ethyl adjacent to an activating group) is 1. The Kier molecular flexibility index (Phi) is 4.44. The van der Waals surface area contributed by atoms with E-state index in [2.05, 4.69) is 10.2 Å². The number of fused-ring (bicyclic) bond motifs is 1. The second-order valence-electron chi connectivity index (χ2n) is 6.71. The van der Waals surface area contributed by atoms with Crippen LogP contribution in [0, 0.1) is 5.41 Å². The van der Waals surface area contributed by atoms with Crippen LogP contribution in [0.3, 0.4) is 0 Å². The van der Waals surface area contributed by atoms with Crippen molar-refractivity contribution in [1.82, 2.24) is 10.2 Å². The van der Waals surface area contributed by atoms with Gasteiger partial charge in [0.05, 0.1) is 10.3 Å². The van der Waals surface area contributed by atoms with Crippen LogP contribution in [0.1, 0.15) is 45.8 Å². The monoisotopic (exact) mass is 346 g/mol. The van der Waals surface area contributed by atoms with E-state index in [0.29, 0.717) is 17.7 Å². The molecule has 7 heteroatoms. The molecule has 0 aromatic carbocycles. The van der Waals surface area contributed by atoms with Crippen molar-refractivity contribution in [2.45, 2.75) is 44.8 Å². The molecule has 0 saturated heterocycles. The maximum atomic E-state index is 13.3. The highest BCUT2D eigenvalue weighted by Crippen LogP contribution is 2.50. The van der Waals surface area contributed by atoms with Crippen LogP contribution in [0.5, 0.6) is 0 Å². The summed E-state index contributed by atoms with van der Waals surface area (Å²) >= 11 is 1.40. The molecule has 2 heterocycles. The number of amides is 1. The van der Waals surface area contributed by atoms with Gasteiger partial charge in [-0.2, -0.15) is 13.2 Å². The van der Waals surface area contributed by atoms with Crippen LogP contribution in [0.4, 0.5) is 13.2 Å². The molecule has 1 amide bonds. The van der Waals surface area contributed by atoms with Crippen molar-refractivity contribution in [3.8, 4) is 0 Å². The highest BCUT2D eigenvalue weighted by molar-refractivity contribution is 7.14. The fourth-order valence-corrected chi connectivity index (χ4v) is 4.72. The lowest BCUT2D eigenvalue weighted by molar-refractivity contribution is -0.219. The molecule has 0 unspecified atom stereocenters. The summed E-state index contributed by atoms with van der Waals surface area (Å²) in [4.78, 5) is 16.1. The first-order valence-electron chi connectivity index (χ1n) is 7.96. The largest absolute Gasteiger partial charge is 0.396 e. The third-order valence-electron chi connectivity index (χ3n) is 5.05. The van der Waals surface area contributed by atoms with E-state index in [1.165, 1.54) is 11.3 Å². The lowest BCUT2D eigenvalue weighted by Crippen LogP contribution is -2.45. The first-order chi connectivity index (χ1) is 10.8. The summed E-state index contributed by atoms with van der Waals surface area (Å²) in [6, 6.07) is 1.84. The first kappa shape index (κ1) is 16.8. The van der Waals surface area contributed by atoms with E-state index in [4.69, 9.17) is 0 Å². The van der Waals surface area contributed by atoms with Gasteiger partial charge in [-0.15, -0.1) is 11.3 Å². The molecule has 1 aliphatic carbocycles. The van der Waals surface area contributed by atoms with E-state index in [0.717, 1.165) is 30.0 Å². The Bertz CT molecular complexity index is 591. The number of hydrogen-bond donors (Lipinski definition) is 1. The Balaban J connectivity index is 1.68. The summed E-state index contributed by atoms with van der Waals surface area (Å²) in [6.07, 6.45) is -1.98. The van der Waals surface area contributed by atoms with Crippen molar-refractivity contribution < 1.29 is 18.0 Å². The highest BCUT2D eigenvalue weighted by atomic mass is 32.1. The number of carbonyl (C=O) groups excluding carboxylic acids is 1. The summed E-state index contributed by atoms with van der Waals surface area (Å²) in [6.45, 7) is 1.44. The van der Waals surface area contributed by atoms with Crippen molar-refractivity contribution in [3.05, 3.63) is 21.4 Å². The van der Waals surface area contributed by atoms with Crippen LogP contribution in [-0.2, 0) is 13.0 Å². The lowest BCUT2D eigenvalue weighted by Gasteiger charge is -2.31. The zero-order valence-corrected chi connectivity index (χ0v) is 13.9. The molecule has 1 aromatic rings. The maximum Gasteiger partial charge on any atom is 0.396 e. The van der Waals surface area contributed by atoms with E-state index in [-0.39, 0.29) is 25.3 Å². The summed E-state index contributed by atoms with van der Waals surface area (Å²) in [5.74, 6) is -0.373. The fraction of sp³-hybridized carbons (Fsp3) is 0.688. The van der Waals surface area contributed by atoms with Crippen LogP contribution in [0.25, 0.3) is 0 Å². The minimum atomic E-state index is -4.26. The van der Waals surface area contributed by atoms with E-state index < -0.39 is 11.6 Å². The Labute approximate surface area is 137 Å². The van der Waals surface area contributed by atoms with Crippen LogP contribution >= 0.6 is 11.3 Å². The lowest BCUT2D eigenvalue weighted by atomic mass is 9.85. The van der Waals surface area contributed by atoms with Gasteiger partial charge in [-0.05, 0) is 37.9 Å². The Morgan fingerprint density at radius 1 is 1.39 bits per heavy atom. The molecule has 3 rings (SSSR count). The van der Waals surface area contributed by atoms with Crippen molar-refractivity contribution in [2.24, 2.45) is 5.41 Å². The van der Waals surface area contributed by atoms with Crippen LogP contribution in [0.2, 0.25) is 0 Å². The van der Waals surface area contributed by atoms with Crippen LogP contribution < -0.4 is 5.32 Å². The molecule has 1 fully saturated rings. The molecule has 128 valence electrons. The number of alkyl halides is 3. The van der Waals surface area contributed by atoms with Gasteiger partial charge >= 0.3 is 6.18 Å². The predicted octanol–water partition coefficient (Wildman–Crippen LogP) is 3.59. The number of carbonyl (C=O) groups is 1. The van der Waals surface area contributed by atoms with Crippen molar-refractivity contribution in [2.75, 3.05) is 20.1 Å². The molecule has 1 saturated carbocycles. The number of rotatable bonds is 3. The van der Waals surface area contributed by atoms with E-state index in [1.54, 1.807) is 0 Å². The topological polar surface area (TPSA) is 32.3 Å². The van der Waals surface area contributed by atoms with E-state index in [9.17, 15) is 18.0 Å². The molecule has 0 spiro atoms. The minimum absolute atomic E-state index is 0.114. The number of nitrogens with zero attached hydrogens (tertiary/aromatic N) is 1. The zero-order chi connectivity index (χ0) is 16.7. The standard InChI is InChI=1S/C16H21F3N2OS/c1-21-7-4-11-8-12(23-13(11)9-21)14(22)20-10-15(16(17,18)19)5-2-3-6-15/h8H,2-7,9-10H2,1H3,(H,20,22). The summed E-state index contributed by atoms with van der Waals surface area (Å²) in [7, 11) is 2.02. The molecule has 1 aliphatic heterocycles. The average molecular weight is 346 g/mol. The molecular weight excluding hydrogens is 325 g/mol. The fourth-order valence-electron chi connectivity index (χ4n) is 3.51. The molecule has 0 radical (unpaired) electrons. The quantitative estimate of drug-likeness (QED) is 0.907. The molecular formula is C16H21F3N2OS. The molecule has 1 aromatic heterocycles. The van der Waals surface area contributed by atoms with Gasteiger partial charge in [0.15, 0.2) is 0 Å². The van der Waals surface area contributed by atoms with Crippen molar-refractivity contribution in [3.63, 3.8) is 0 Å². The number of halogens is 3. The Morgan fingerprint density at radius 2 is 2.09 bits per heavy atom. The van der Waals surface area contributed by atoms with Crippen molar-refractivity contribution in [1.29, 1.82) is 0 Å². The molecule has 0 atom stereocenters. The van der Waals surface area contributed by atoms with Crippen LogP contribution in [0.15, 0.2) is 6.07 Å². The van der Waals surface area contributed by atoms with Gasteiger partial charge in [-0.3, -0.25) is 4.79 Å². The summed E-state index contributed by atoms with van der Waals surface area (Å²) < 4.78 is 40.0. The molecule has 1 N–H and O–H groups in total. The average Bonchev–Trinajstić information content (AvgIpc) is 3.10. The van der Waals surface area contributed by atoms with Crippen molar-refractivity contribution >= 4 is 17.2 Å². The van der Waals surface area contributed by atoms with Crippen LogP contribution in [-0.4, -0.2) is 37.1 Å². The van der Waals surface area contributed by atoms with Gasteiger partial charge in [-0.1, -0.05) is 12.8 Å². The summed E-state index contributed by atoms with van der Waals surface area (Å²) in [5, 5.41) is 2.55. The maximum absolute atomic E-state index is 13.3. The zero-order valence-electron chi connectivity index (χ0n) is 13.1. The van der Waals surface area contributed by atoms with Gasteiger partial charge in [0.25, 0.3) is 5.91 Å². The SMILES string of the molecule is CN1CCc2cc(C(=O)NCC3(C(F)(F)F)CCCC3)sc2C1. The van der Waals surface area contributed by atoms with Gasteiger partial charge in [0.1, 0.15) is 0 Å². The second-order valence-corrected chi connectivity index (χ2v) is 7.85. The minimum Gasteiger partial charge on any atom is -0.350 e. The molecule has 2 aliphatic rings. The van der Waals surface area contributed by atoms with E-state index in [1.807, 2.05) is 13.1 Å². The van der Waals surface area contributed by atoms with Gasteiger partial charge < -0.3 is 10.2 Å². The van der Waals surface area contributed by atoms with E-state index >= 15 is 0 Å². The molecule has 3 nitrogen and oxygen atoms in total. The van der Waals surface area contributed by atoms with Gasteiger partial charge in [-0.25, -0.2) is 0 Å². The number of nitrogens with one attached hydrogen (secondary N) is 1. The van der Waals surface area contributed by atoms with Gasteiger partial charge in [0, 0.05) is 24.5 Å². The summed E-state index contributed by atoms with van der Waals surface area (Å²) in [5.41, 5.74) is -0.579. The second kappa shape index (κ2) is 6.09. The van der Waals surface area contributed by atoms with Gasteiger partial charge in [0.2, 0.25) is 0 Å². The Hall–Kier alpha value is -1.08. The predicted molar refractivity (Wildman–Crippen MR) is 83.6 cm³/mol. The third-order valence-corrected chi connectivity index (χ3v) is 6.21. The first-order valence-corrected chi connectivity index (χ1v) is 8.77. The number of hydrogen-bond acceptors (Lipinski definition) is 3. The Morgan fingerprint density at radius 3 is 2.74 bits per heavy atom. The number of thiophene rings is 1. The smallest absolute Gasteiger partial charge is 0.350 e. The molecule has 23 heavy (non-hydrogen) atoms. The highest BCUT2D eigenvalue weighted by Gasteiger charge is 2.55.